The topological polar surface area (TPSA) is 46.6 Å². The van der Waals surface area contributed by atoms with Crippen LogP contribution in [-0.2, 0) is 9.84 Å². The first-order valence-electron chi connectivity index (χ1n) is 7.81. The van der Waals surface area contributed by atoms with Crippen molar-refractivity contribution in [2.75, 3.05) is 31.2 Å². The zero-order valence-corrected chi connectivity index (χ0v) is 13.8. The van der Waals surface area contributed by atoms with Crippen LogP contribution in [0.1, 0.15) is 11.6 Å². The van der Waals surface area contributed by atoms with Crippen molar-refractivity contribution in [1.29, 1.82) is 0 Å². The molecule has 4 nitrogen and oxygen atoms in total. The van der Waals surface area contributed by atoms with Gasteiger partial charge in [0.15, 0.2) is 9.84 Å². The number of nitrogens with zero attached hydrogens (tertiary/aromatic N) is 1. The number of para-hydroxylation sites is 1. The SMILES string of the molecule is O=S1(=O)CCN(CCOc2ccccc2)[C@@H](c2ccccc2)C1. The first-order valence-corrected chi connectivity index (χ1v) is 9.63. The summed E-state index contributed by atoms with van der Waals surface area (Å²) >= 11 is 0. The van der Waals surface area contributed by atoms with E-state index >= 15 is 0 Å². The molecule has 0 radical (unpaired) electrons. The summed E-state index contributed by atoms with van der Waals surface area (Å²) < 4.78 is 29.8. The fourth-order valence-corrected chi connectivity index (χ4v) is 4.45. The number of hydrogen-bond donors (Lipinski definition) is 0. The highest BCUT2D eigenvalue weighted by molar-refractivity contribution is 7.91. The molecule has 0 saturated carbocycles. The lowest BCUT2D eigenvalue weighted by Crippen LogP contribution is -2.44. The van der Waals surface area contributed by atoms with Crippen LogP contribution in [0.5, 0.6) is 5.75 Å². The van der Waals surface area contributed by atoms with E-state index in [0.29, 0.717) is 19.7 Å². The van der Waals surface area contributed by atoms with Crippen molar-refractivity contribution in [2.24, 2.45) is 0 Å². The molecule has 5 heteroatoms. The van der Waals surface area contributed by atoms with Crippen molar-refractivity contribution in [1.82, 2.24) is 4.90 Å². The lowest BCUT2D eigenvalue weighted by Gasteiger charge is -2.35. The van der Waals surface area contributed by atoms with Crippen LogP contribution in [0.4, 0.5) is 0 Å². The van der Waals surface area contributed by atoms with Crippen LogP contribution in [0.25, 0.3) is 0 Å². The minimum atomic E-state index is -2.97. The first kappa shape index (κ1) is 16.0. The Labute approximate surface area is 137 Å². The summed E-state index contributed by atoms with van der Waals surface area (Å²) in [4.78, 5) is 2.21. The zero-order valence-electron chi connectivity index (χ0n) is 13.0. The maximum atomic E-state index is 12.0. The zero-order chi connectivity index (χ0) is 16.1. The Bertz CT molecular complexity index is 716. The molecule has 0 aliphatic carbocycles. The predicted octanol–water partition coefficient (Wildman–Crippen LogP) is 2.54. The molecule has 0 amide bonds. The molecule has 0 bridgehead atoms. The van der Waals surface area contributed by atoms with Gasteiger partial charge in [-0.05, 0) is 17.7 Å². The van der Waals surface area contributed by atoms with Gasteiger partial charge in [-0.25, -0.2) is 8.42 Å². The first-order chi connectivity index (χ1) is 11.1. The Morgan fingerprint density at radius 1 is 1.00 bits per heavy atom. The third kappa shape index (κ3) is 4.33. The molecule has 1 saturated heterocycles. The molecule has 1 atom stereocenters. The van der Waals surface area contributed by atoms with Crippen molar-refractivity contribution < 1.29 is 13.2 Å². The van der Waals surface area contributed by atoms with Crippen LogP contribution in [-0.4, -0.2) is 44.5 Å². The Balaban J connectivity index is 1.66. The van der Waals surface area contributed by atoms with Crippen molar-refractivity contribution >= 4 is 9.84 Å². The Hall–Kier alpha value is -1.85. The molecule has 1 aliphatic rings. The minimum absolute atomic E-state index is 0.0886. The predicted molar refractivity (Wildman–Crippen MR) is 91.3 cm³/mol. The van der Waals surface area contributed by atoms with Gasteiger partial charge in [0.25, 0.3) is 0 Å². The van der Waals surface area contributed by atoms with Gasteiger partial charge in [-0.15, -0.1) is 0 Å². The van der Waals surface area contributed by atoms with Gasteiger partial charge in [0.05, 0.1) is 11.5 Å². The normalized spacial score (nSPS) is 21.0. The van der Waals surface area contributed by atoms with Gasteiger partial charge in [-0.3, -0.25) is 4.90 Å². The summed E-state index contributed by atoms with van der Waals surface area (Å²) in [6.07, 6.45) is 0. The van der Waals surface area contributed by atoms with E-state index in [1.54, 1.807) is 0 Å². The van der Waals surface area contributed by atoms with E-state index in [9.17, 15) is 8.42 Å². The molecule has 0 spiro atoms. The largest absolute Gasteiger partial charge is 0.492 e. The quantitative estimate of drug-likeness (QED) is 0.845. The molecule has 0 unspecified atom stereocenters. The standard InChI is InChI=1S/C18H21NO3S/c20-23(21)14-12-19(11-13-22-17-9-5-2-6-10-17)18(15-23)16-7-3-1-4-8-16/h1-10,18H,11-15H2/t18-/m1/s1. The summed E-state index contributed by atoms with van der Waals surface area (Å²) in [6, 6.07) is 19.4. The van der Waals surface area contributed by atoms with E-state index < -0.39 is 9.84 Å². The van der Waals surface area contributed by atoms with Crippen LogP contribution in [0.2, 0.25) is 0 Å². The number of sulfone groups is 1. The van der Waals surface area contributed by atoms with Gasteiger partial charge in [-0.2, -0.15) is 0 Å². The second kappa shape index (κ2) is 7.15. The van der Waals surface area contributed by atoms with Gasteiger partial charge in [0.2, 0.25) is 0 Å². The van der Waals surface area contributed by atoms with E-state index in [4.69, 9.17) is 4.74 Å². The van der Waals surface area contributed by atoms with Crippen molar-refractivity contribution in [3.8, 4) is 5.75 Å². The van der Waals surface area contributed by atoms with Gasteiger partial charge in [-0.1, -0.05) is 48.5 Å². The van der Waals surface area contributed by atoms with E-state index in [-0.39, 0.29) is 17.5 Å². The summed E-state index contributed by atoms with van der Waals surface area (Å²) in [5, 5.41) is 0. The average Bonchev–Trinajstić information content (AvgIpc) is 2.57. The molecule has 2 aromatic carbocycles. The number of benzene rings is 2. The number of ether oxygens (including phenoxy) is 1. The molecule has 122 valence electrons. The Kier molecular flexibility index (Phi) is 4.98. The van der Waals surface area contributed by atoms with E-state index in [1.807, 2.05) is 60.7 Å². The average molecular weight is 331 g/mol. The monoisotopic (exact) mass is 331 g/mol. The molecular formula is C18H21NO3S. The summed E-state index contributed by atoms with van der Waals surface area (Å²) in [7, 11) is -2.97. The molecule has 0 aromatic heterocycles. The highest BCUT2D eigenvalue weighted by Crippen LogP contribution is 2.26. The second-order valence-corrected chi connectivity index (χ2v) is 7.97. The van der Waals surface area contributed by atoms with Crippen LogP contribution in [0, 0.1) is 0 Å². The number of rotatable bonds is 5. The third-order valence-corrected chi connectivity index (χ3v) is 5.75. The van der Waals surface area contributed by atoms with Crippen LogP contribution < -0.4 is 4.74 Å². The lowest BCUT2D eigenvalue weighted by atomic mass is 10.1. The van der Waals surface area contributed by atoms with E-state index in [0.717, 1.165) is 11.3 Å². The van der Waals surface area contributed by atoms with Crippen molar-refractivity contribution in [2.45, 2.75) is 6.04 Å². The van der Waals surface area contributed by atoms with Gasteiger partial charge >= 0.3 is 0 Å². The van der Waals surface area contributed by atoms with E-state index in [2.05, 4.69) is 4.90 Å². The molecular weight excluding hydrogens is 310 g/mol. The number of hydrogen-bond acceptors (Lipinski definition) is 4. The summed E-state index contributed by atoms with van der Waals surface area (Å²) in [5.41, 5.74) is 1.05. The fourth-order valence-electron chi connectivity index (χ4n) is 2.89. The molecule has 2 aromatic rings. The molecule has 23 heavy (non-hydrogen) atoms. The summed E-state index contributed by atoms with van der Waals surface area (Å²) in [5.74, 6) is 1.25. The lowest BCUT2D eigenvalue weighted by molar-refractivity contribution is 0.171. The Morgan fingerprint density at radius 3 is 2.35 bits per heavy atom. The van der Waals surface area contributed by atoms with Crippen LogP contribution in [0.15, 0.2) is 60.7 Å². The van der Waals surface area contributed by atoms with Crippen LogP contribution >= 0.6 is 0 Å². The smallest absolute Gasteiger partial charge is 0.153 e. The molecule has 0 N–H and O–H groups in total. The fraction of sp³-hybridized carbons (Fsp3) is 0.333. The van der Waals surface area contributed by atoms with E-state index in [1.165, 1.54) is 0 Å². The molecule has 1 aliphatic heterocycles. The van der Waals surface area contributed by atoms with Crippen molar-refractivity contribution in [3.05, 3.63) is 66.2 Å². The molecule has 1 heterocycles. The summed E-state index contributed by atoms with van der Waals surface area (Å²) in [6.45, 7) is 1.82. The minimum Gasteiger partial charge on any atom is -0.492 e. The van der Waals surface area contributed by atoms with Crippen molar-refractivity contribution in [3.63, 3.8) is 0 Å². The maximum Gasteiger partial charge on any atom is 0.153 e. The Morgan fingerprint density at radius 2 is 1.65 bits per heavy atom. The van der Waals surface area contributed by atoms with Gasteiger partial charge < -0.3 is 4.74 Å². The van der Waals surface area contributed by atoms with Gasteiger partial charge in [0.1, 0.15) is 12.4 Å². The highest BCUT2D eigenvalue weighted by atomic mass is 32.2. The molecule has 1 fully saturated rings. The maximum absolute atomic E-state index is 12.0. The van der Waals surface area contributed by atoms with Crippen LogP contribution in [0.3, 0.4) is 0 Å². The third-order valence-electron chi connectivity index (χ3n) is 4.12. The van der Waals surface area contributed by atoms with Gasteiger partial charge in [0, 0.05) is 19.1 Å². The second-order valence-electron chi connectivity index (χ2n) is 5.74. The molecule has 3 rings (SSSR count). The highest BCUT2D eigenvalue weighted by Gasteiger charge is 2.31.